The van der Waals surface area contributed by atoms with Crippen LogP contribution in [0.15, 0.2) is 24.3 Å². The van der Waals surface area contributed by atoms with Crippen LogP contribution in [0, 0.1) is 3.57 Å². The van der Waals surface area contributed by atoms with E-state index in [9.17, 15) is 10.9 Å². The Labute approximate surface area is 70.6 Å². The number of aldehydes is 1. The van der Waals surface area contributed by atoms with Crippen LogP contribution in [-0.2, 0) is 6.14 Å². The van der Waals surface area contributed by atoms with Crippen molar-refractivity contribution in [2.75, 3.05) is 0 Å². The Balaban J connectivity index is 3.10. The highest BCUT2D eigenvalue weighted by atomic mass is 127. The lowest BCUT2D eigenvalue weighted by molar-refractivity contribution is 0.112. The van der Waals surface area contributed by atoms with E-state index in [4.69, 9.17) is 0 Å². The second kappa shape index (κ2) is 3.56. The maximum atomic E-state index is 10.4. The van der Waals surface area contributed by atoms with Gasteiger partial charge in [-0.05, 0) is 12.1 Å². The van der Waals surface area contributed by atoms with E-state index >= 15 is 0 Å². The Bertz CT molecular complexity index is 316. The molecule has 0 radical (unpaired) electrons. The molecule has 1 rings (SSSR count). The van der Waals surface area contributed by atoms with Gasteiger partial charge in [-0.1, -0.05) is 12.1 Å². The molecule has 58 valence electrons. The zero-order valence-electron chi connectivity index (χ0n) is 5.49. The lowest BCUT2D eigenvalue weighted by Gasteiger charge is -1.87. The first-order valence-corrected chi connectivity index (χ1v) is 5.68. The summed E-state index contributed by atoms with van der Waals surface area (Å²) in [6.07, 6.45) is 0.679. The molecule has 0 heterocycles. The van der Waals surface area contributed by atoms with E-state index in [0.717, 1.165) is 0 Å². The molecule has 0 unspecified atom stereocenters. The molecule has 0 aliphatic carbocycles. The molecule has 1 aromatic carbocycles. The van der Waals surface area contributed by atoms with Crippen LogP contribution in [0.2, 0.25) is 0 Å². The van der Waals surface area contributed by atoms with E-state index in [-0.39, 0.29) is 0 Å². The summed E-state index contributed by atoms with van der Waals surface area (Å²) in [5.41, 5.74) is 0.492. The van der Waals surface area contributed by atoms with Gasteiger partial charge in [-0.25, -0.2) is 6.14 Å². The molecule has 0 atom stereocenters. The van der Waals surface area contributed by atoms with Crippen molar-refractivity contribution >= 4 is 26.1 Å². The van der Waals surface area contributed by atoms with Gasteiger partial charge in [-0.3, -0.25) is 4.79 Å². The van der Waals surface area contributed by atoms with Gasteiger partial charge in [0.05, 0.1) is 3.57 Å². The van der Waals surface area contributed by atoms with E-state index in [0.29, 0.717) is 15.4 Å². The number of carbonyl (C=O) groups excluding carboxylic acids is 1. The van der Waals surface area contributed by atoms with E-state index in [1.54, 1.807) is 0 Å². The van der Waals surface area contributed by atoms with E-state index < -0.39 is 19.8 Å². The van der Waals surface area contributed by atoms with Crippen LogP contribution in [0.1, 0.15) is 10.4 Å². The van der Waals surface area contributed by atoms with Gasteiger partial charge in [0.1, 0.15) is 6.29 Å². The number of rotatable bonds is 2. The summed E-state index contributed by atoms with van der Waals surface area (Å²) in [5.74, 6) is 0. The maximum absolute atomic E-state index is 10.4. The van der Waals surface area contributed by atoms with E-state index in [1.807, 2.05) is 0 Å². The van der Waals surface area contributed by atoms with Crippen LogP contribution in [0.4, 0.5) is 0 Å². The molecule has 0 aliphatic heterocycles. The van der Waals surface area contributed by atoms with Crippen molar-refractivity contribution in [2.24, 2.45) is 0 Å². The quantitative estimate of drug-likeness (QED) is 0.605. The molecule has 0 fully saturated rings. The molecule has 0 amide bonds. The van der Waals surface area contributed by atoms with Crippen LogP contribution in [0.3, 0.4) is 0 Å². The molecule has 0 bridgehead atoms. The standard InChI is InChI=1S/C7H5IO3/c9-5-6-1-3-7(4-2-6)8(10)11/h1-5H. The number of hydrogen-bond donors (Lipinski definition) is 0. The van der Waals surface area contributed by atoms with Crippen LogP contribution in [0.5, 0.6) is 0 Å². The first-order valence-electron chi connectivity index (χ1n) is 2.84. The van der Waals surface area contributed by atoms with Crippen LogP contribution < -0.4 is 0 Å². The minimum Gasteiger partial charge on any atom is -0.298 e. The molecule has 11 heavy (non-hydrogen) atoms. The van der Waals surface area contributed by atoms with Crippen molar-refractivity contribution in [3.8, 4) is 0 Å². The SMILES string of the molecule is O=Cc1ccc(I(=O)=O)cc1. The second-order valence-electron chi connectivity index (χ2n) is 1.89. The lowest BCUT2D eigenvalue weighted by Crippen LogP contribution is -1.78. The third kappa shape index (κ3) is 2.07. The van der Waals surface area contributed by atoms with Gasteiger partial charge in [-0.2, -0.15) is 0 Å². The summed E-state index contributed by atoms with van der Waals surface area (Å²) < 4.78 is 21.2. The second-order valence-corrected chi connectivity index (χ2v) is 4.37. The highest BCUT2D eigenvalue weighted by Gasteiger charge is 1.96. The summed E-state index contributed by atoms with van der Waals surface area (Å²) in [7, 11) is 0. The fourth-order valence-electron chi connectivity index (χ4n) is 0.644. The highest BCUT2D eigenvalue weighted by Crippen LogP contribution is 2.16. The molecule has 0 aromatic heterocycles. The van der Waals surface area contributed by atoms with Gasteiger partial charge >= 0.3 is 19.8 Å². The smallest absolute Gasteiger partial charge is 0.298 e. The monoisotopic (exact) mass is 264 g/mol. The Morgan fingerprint density at radius 2 is 1.64 bits per heavy atom. The normalized spacial score (nSPS) is 9.91. The van der Waals surface area contributed by atoms with Crippen molar-refractivity contribution in [3.05, 3.63) is 33.4 Å². The Hall–Kier alpha value is -0.780. The first-order chi connectivity index (χ1) is 5.24. The first kappa shape index (κ1) is 8.32. The van der Waals surface area contributed by atoms with Gasteiger partial charge < -0.3 is 0 Å². The zero-order chi connectivity index (χ0) is 8.27. The van der Waals surface area contributed by atoms with E-state index in [2.05, 4.69) is 0 Å². The predicted octanol–water partition coefficient (Wildman–Crippen LogP) is 1.87. The van der Waals surface area contributed by atoms with Gasteiger partial charge in [0.2, 0.25) is 0 Å². The third-order valence-corrected chi connectivity index (χ3v) is 2.92. The summed E-state index contributed by atoms with van der Waals surface area (Å²) in [5, 5.41) is 0. The highest BCUT2D eigenvalue weighted by molar-refractivity contribution is 14.2. The molecule has 0 saturated heterocycles. The number of benzene rings is 1. The van der Waals surface area contributed by atoms with Crippen molar-refractivity contribution in [3.63, 3.8) is 0 Å². The molecule has 4 heteroatoms. The molecule has 0 saturated carbocycles. The van der Waals surface area contributed by atoms with Gasteiger partial charge in [0, 0.05) is 5.56 Å². The van der Waals surface area contributed by atoms with Crippen molar-refractivity contribution in [2.45, 2.75) is 0 Å². The van der Waals surface area contributed by atoms with Crippen molar-refractivity contribution in [1.29, 1.82) is 0 Å². The van der Waals surface area contributed by atoms with Gasteiger partial charge in [0.25, 0.3) is 0 Å². The summed E-state index contributed by atoms with van der Waals surface area (Å²) in [6.45, 7) is 0. The number of hydrogen-bond acceptors (Lipinski definition) is 3. The molecule has 1 aromatic rings. The Morgan fingerprint density at radius 1 is 1.09 bits per heavy atom. The molecule has 3 nitrogen and oxygen atoms in total. The van der Waals surface area contributed by atoms with Gasteiger partial charge in [0.15, 0.2) is 0 Å². The molecular weight excluding hydrogens is 259 g/mol. The Kier molecular flexibility index (Phi) is 2.70. The fourth-order valence-corrected chi connectivity index (χ4v) is 1.59. The molecule has 0 spiro atoms. The predicted molar refractivity (Wildman–Crippen MR) is 45.9 cm³/mol. The lowest BCUT2D eigenvalue weighted by atomic mass is 10.2. The van der Waals surface area contributed by atoms with Crippen molar-refractivity contribution in [1.82, 2.24) is 0 Å². The molecule has 0 aliphatic rings. The number of halogens is 1. The summed E-state index contributed by atoms with van der Waals surface area (Å²) in [6, 6.07) is 5.86. The van der Waals surface area contributed by atoms with Crippen molar-refractivity contribution < 1.29 is 10.9 Å². The Morgan fingerprint density at radius 3 is 2.00 bits per heavy atom. The molecular formula is C7H5IO3. The average Bonchev–Trinajstić information content (AvgIpc) is 2.05. The van der Waals surface area contributed by atoms with Crippen LogP contribution in [-0.4, -0.2) is 6.29 Å². The third-order valence-electron chi connectivity index (χ3n) is 1.18. The fraction of sp³-hybridized carbons (Fsp3) is 0. The minimum absolute atomic E-state index is 0.319. The van der Waals surface area contributed by atoms with Crippen LogP contribution in [0.25, 0.3) is 0 Å². The van der Waals surface area contributed by atoms with E-state index in [1.165, 1.54) is 24.3 Å². The molecule has 0 N–H and O–H groups in total. The minimum atomic E-state index is -3.33. The topological polar surface area (TPSA) is 51.2 Å². The summed E-state index contributed by atoms with van der Waals surface area (Å²) in [4.78, 5) is 10.1. The maximum Gasteiger partial charge on any atom is 0.340 e. The zero-order valence-corrected chi connectivity index (χ0v) is 7.65. The van der Waals surface area contributed by atoms with Crippen LogP contribution >= 0.6 is 19.8 Å². The summed E-state index contributed by atoms with van der Waals surface area (Å²) >= 11 is -3.33. The average molecular weight is 264 g/mol. The van der Waals surface area contributed by atoms with Gasteiger partial charge in [-0.15, -0.1) is 0 Å². The largest absolute Gasteiger partial charge is 0.340 e. The number of carbonyl (C=O) groups is 1.